The maximum atomic E-state index is 5.01. The van der Waals surface area contributed by atoms with Crippen molar-refractivity contribution in [3.8, 4) is 33.9 Å². The largest absolute Gasteiger partial charge is 0.336 e. The van der Waals surface area contributed by atoms with Crippen molar-refractivity contribution in [2.45, 2.75) is 26.3 Å². The van der Waals surface area contributed by atoms with Gasteiger partial charge in [0, 0.05) is 30.1 Å². The molecular formula is C30H27N7. The number of benzene rings is 2. The summed E-state index contributed by atoms with van der Waals surface area (Å²) in [5, 5.41) is 7.72. The highest BCUT2D eigenvalue weighted by molar-refractivity contribution is 5.96. The molecule has 182 valence electrons. The van der Waals surface area contributed by atoms with Gasteiger partial charge in [-0.15, -0.1) is 0 Å². The monoisotopic (exact) mass is 485 g/mol. The molecule has 4 aromatic heterocycles. The lowest BCUT2D eigenvalue weighted by Gasteiger charge is -2.14. The number of H-pyrrole nitrogens is 2. The van der Waals surface area contributed by atoms with E-state index in [1.807, 2.05) is 24.5 Å². The summed E-state index contributed by atoms with van der Waals surface area (Å²) in [7, 11) is 0. The number of nitrogens with zero attached hydrogens (tertiary/aromatic N) is 5. The lowest BCUT2D eigenvalue weighted by Crippen LogP contribution is -2.18. The summed E-state index contributed by atoms with van der Waals surface area (Å²) < 4.78 is 0. The third-order valence-corrected chi connectivity index (χ3v) is 7.17. The van der Waals surface area contributed by atoms with Crippen molar-refractivity contribution in [1.29, 1.82) is 0 Å². The fourth-order valence-electron chi connectivity index (χ4n) is 5.33. The standard InChI is InChI=1S/C30H27N7/c1-19-6-4-7-21(14-19)23-8-5-9-25-27(23)34-30(33-25)29-28-26(35-36-29)11-10-24(32-28)22-15-20(16-31-17-22)18-37-12-2-3-13-37/h4-11,14-17H,2-3,12-13,18H2,1H3,(H,33,34)(H,35,36). The van der Waals surface area contributed by atoms with Crippen LogP contribution in [0.5, 0.6) is 0 Å². The van der Waals surface area contributed by atoms with Gasteiger partial charge in [0.25, 0.3) is 0 Å². The van der Waals surface area contributed by atoms with Crippen LogP contribution < -0.4 is 0 Å². The van der Waals surface area contributed by atoms with Gasteiger partial charge in [0.15, 0.2) is 11.5 Å². The summed E-state index contributed by atoms with van der Waals surface area (Å²) >= 11 is 0. The van der Waals surface area contributed by atoms with Crippen LogP contribution in [0.15, 0.2) is 73.1 Å². The summed E-state index contributed by atoms with van der Waals surface area (Å²) in [4.78, 5) is 20.5. The van der Waals surface area contributed by atoms with Crippen LogP contribution in [0.3, 0.4) is 0 Å². The number of rotatable bonds is 5. The van der Waals surface area contributed by atoms with Crippen molar-refractivity contribution < 1.29 is 0 Å². The number of imidazole rings is 1. The minimum absolute atomic E-state index is 0.701. The molecule has 0 aliphatic carbocycles. The Bertz CT molecular complexity index is 1740. The first kappa shape index (κ1) is 21.9. The van der Waals surface area contributed by atoms with Gasteiger partial charge in [0.2, 0.25) is 0 Å². The first-order valence-corrected chi connectivity index (χ1v) is 12.8. The molecule has 0 bridgehead atoms. The number of hydrogen-bond acceptors (Lipinski definition) is 5. The van der Waals surface area contributed by atoms with E-state index in [0.29, 0.717) is 11.5 Å². The molecule has 1 saturated heterocycles. The zero-order valence-corrected chi connectivity index (χ0v) is 20.7. The van der Waals surface area contributed by atoms with Crippen LogP contribution in [0.1, 0.15) is 24.0 Å². The number of aromatic nitrogens is 6. The van der Waals surface area contributed by atoms with Crippen molar-refractivity contribution in [3.63, 3.8) is 0 Å². The quantitative estimate of drug-likeness (QED) is 0.307. The topological polar surface area (TPSA) is 86.4 Å². The summed E-state index contributed by atoms with van der Waals surface area (Å²) in [5.41, 5.74) is 10.8. The fraction of sp³-hybridized carbons (Fsp3) is 0.200. The number of hydrogen-bond donors (Lipinski definition) is 2. The molecule has 37 heavy (non-hydrogen) atoms. The van der Waals surface area contributed by atoms with Gasteiger partial charge >= 0.3 is 0 Å². The normalized spacial score (nSPS) is 14.2. The lowest BCUT2D eigenvalue weighted by molar-refractivity contribution is 0.331. The Kier molecular flexibility index (Phi) is 5.29. The van der Waals surface area contributed by atoms with E-state index in [1.165, 1.54) is 24.0 Å². The Balaban J connectivity index is 1.28. The molecule has 2 aromatic carbocycles. The van der Waals surface area contributed by atoms with Gasteiger partial charge in [0.1, 0.15) is 5.52 Å². The molecule has 1 aliphatic heterocycles. The van der Waals surface area contributed by atoms with Crippen molar-refractivity contribution in [2.24, 2.45) is 0 Å². The number of para-hydroxylation sites is 1. The number of aromatic amines is 2. The van der Waals surface area contributed by atoms with Gasteiger partial charge in [-0.2, -0.15) is 5.10 Å². The molecule has 5 heterocycles. The van der Waals surface area contributed by atoms with E-state index in [1.54, 1.807) is 0 Å². The summed E-state index contributed by atoms with van der Waals surface area (Å²) in [6.45, 7) is 5.37. The van der Waals surface area contributed by atoms with E-state index in [2.05, 4.69) is 80.5 Å². The van der Waals surface area contributed by atoms with Crippen LogP contribution in [0.4, 0.5) is 0 Å². The summed E-state index contributed by atoms with van der Waals surface area (Å²) in [5.74, 6) is 0.701. The highest BCUT2D eigenvalue weighted by atomic mass is 15.2. The average molecular weight is 486 g/mol. The molecule has 0 spiro atoms. The molecule has 7 rings (SSSR count). The fourth-order valence-corrected chi connectivity index (χ4v) is 5.33. The van der Waals surface area contributed by atoms with Gasteiger partial charge in [-0.1, -0.05) is 42.0 Å². The van der Waals surface area contributed by atoms with Crippen molar-refractivity contribution in [3.05, 3.63) is 84.2 Å². The van der Waals surface area contributed by atoms with Crippen LogP contribution in [0, 0.1) is 6.92 Å². The molecule has 0 saturated carbocycles. The molecule has 0 atom stereocenters. The minimum Gasteiger partial charge on any atom is -0.336 e. The second kappa shape index (κ2) is 8.94. The van der Waals surface area contributed by atoms with Crippen molar-refractivity contribution in [2.75, 3.05) is 13.1 Å². The van der Waals surface area contributed by atoms with Gasteiger partial charge in [-0.05, 0) is 68.2 Å². The Morgan fingerprint density at radius 1 is 0.838 bits per heavy atom. The zero-order valence-electron chi connectivity index (χ0n) is 20.7. The molecular weight excluding hydrogens is 458 g/mol. The molecule has 1 aliphatic rings. The van der Waals surface area contributed by atoms with Gasteiger partial charge in [-0.3, -0.25) is 15.0 Å². The molecule has 0 unspecified atom stereocenters. The first-order chi connectivity index (χ1) is 18.2. The van der Waals surface area contributed by atoms with Gasteiger partial charge in [0.05, 0.1) is 22.2 Å². The van der Waals surface area contributed by atoms with Crippen LogP contribution >= 0.6 is 0 Å². The van der Waals surface area contributed by atoms with Gasteiger partial charge < -0.3 is 4.98 Å². The van der Waals surface area contributed by atoms with E-state index in [-0.39, 0.29) is 0 Å². The number of pyridine rings is 2. The smallest absolute Gasteiger partial charge is 0.161 e. The Morgan fingerprint density at radius 2 is 1.73 bits per heavy atom. The molecule has 0 radical (unpaired) electrons. The maximum Gasteiger partial charge on any atom is 0.161 e. The summed E-state index contributed by atoms with van der Waals surface area (Å²) in [6.07, 6.45) is 6.41. The molecule has 0 amide bonds. The van der Waals surface area contributed by atoms with Crippen LogP contribution in [0.25, 0.3) is 56.0 Å². The van der Waals surface area contributed by atoms with E-state index < -0.39 is 0 Å². The second-order valence-electron chi connectivity index (χ2n) is 9.89. The Morgan fingerprint density at radius 3 is 2.62 bits per heavy atom. The first-order valence-electron chi connectivity index (χ1n) is 12.8. The molecule has 7 nitrogen and oxygen atoms in total. The number of nitrogens with one attached hydrogen (secondary N) is 2. The number of fused-ring (bicyclic) bond motifs is 2. The number of aryl methyl sites for hydroxylation is 1. The highest BCUT2D eigenvalue weighted by Crippen LogP contribution is 2.32. The minimum atomic E-state index is 0.701. The second-order valence-corrected chi connectivity index (χ2v) is 9.89. The van der Waals surface area contributed by atoms with E-state index >= 15 is 0 Å². The van der Waals surface area contributed by atoms with Crippen LogP contribution in [-0.2, 0) is 6.54 Å². The van der Waals surface area contributed by atoms with E-state index in [0.717, 1.165) is 64.1 Å². The van der Waals surface area contributed by atoms with Crippen LogP contribution in [-0.4, -0.2) is 48.1 Å². The number of likely N-dealkylation sites (tertiary alicyclic amines) is 1. The van der Waals surface area contributed by atoms with Gasteiger partial charge in [-0.25, -0.2) is 9.97 Å². The van der Waals surface area contributed by atoms with Crippen molar-refractivity contribution >= 4 is 22.1 Å². The third-order valence-electron chi connectivity index (χ3n) is 7.17. The molecule has 6 aromatic rings. The molecule has 2 N–H and O–H groups in total. The predicted octanol–water partition coefficient (Wildman–Crippen LogP) is 6.13. The third kappa shape index (κ3) is 4.07. The highest BCUT2D eigenvalue weighted by Gasteiger charge is 2.17. The van der Waals surface area contributed by atoms with Crippen LogP contribution in [0.2, 0.25) is 0 Å². The van der Waals surface area contributed by atoms with E-state index in [4.69, 9.17) is 9.97 Å². The Hall–Kier alpha value is -4.36. The SMILES string of the molecule is Cc1cccc(-c2cccc3[nH]c(-c4n[nH]c5ccc(-c6cncc(CN7CCCC7)c6)nc45)nc23)c1. The summed E-state index contributed by atoms with van der Waals surface area (Å²) in [6, 6.07) is 21.0. The van der Waals surface area contributed by atoms with Crippen molar-refractivity contribution in [1.82, 2.24) is 35.0 Å². The van der Waals surface area contributed by atoms with E-state index in [9.17, 15) is 0 Å². The zero-order chi connectivity index (χ0) is 24.8. The maximum absolute atomic E-state index is 5.01. The molecule has 1 fully saturated rings. The lowest BCUT2D eigenvalue weighted by atomic mass is 10.0. The predicted molar refractivity (Wildman–Crippen MR) is 147 cm³/mol. The average Bonchev–Trinajstić information content (AvgIpc) is 3.67. The Labute approximate surface area is 214 Å². The molecule has 7 heteroatoms.